The van der Waals surface area contributed by atoms with Crippen LogP contribution in [-0.2, 0) is 0 Å². The summed E-state index contributed by atoms with van der Waals surface area (Å²) >= 11 is 0. The quantitative estimate of drug-likeness (QED) is 0.342. The molecule has 0 radical (unpaired) electrons. The Hall–Kier alpha value is -3.35. The van der Waals surface area contributed by atoms with Crippen molar-refractivity contribution in [2.45, 2.75) is 27.2 Å². The molecule has 3 rings (SSSR count). The van der Waals surface area contributed by atoms with Crippen LogP contribution >= 0.6 is 0 Å². The number of hydrogen-bond donors (Lipinski definition) is 0. The van der Waals surface area contributed by atoms with Gasteiger partial charge < -0.3 is 9.64 Å². The fraction of sp³-hybridized carbons (Fsp3) is 0.276. The first-order chi connectivity index (χ1) is 15.7. The number of hydrogen-bond acceptors (Lipinski definition) is 3. The van der Waals surface area contributed by atoms with Crippen LogP contribution in [0.1, 0.15) is 49.4 Å². The molecule has 0 bridgehead atoms. The van der Waals surface area contributed by atoms with E-state index >= 15 is 0 Å². The molecule has 0 aromatic heterocycles. The van der Waals surface area contributed by atoms with Gasteiger partial charge in [-0.25, -0.2) is 0 Å². The van der Waals surface area contributed by atoms with Crippen molar-refractivity contribution in [1.29, 1.82) is 5.26 Å². The molecule has 32 heavy (non-hydrogen) atoms. The molecule has 0 aliphatic rings. The minimum atomic E-state index is 0.667. The first kappa shape index (κ1) is 23.3. The van der Waals surface area contributed by atoms with Crippen LogP contribution in [0.25, 0.3) is 11.1 Å². The highest BCUT2D eigenvalue weighted by molar-refractivity contribution is 5.98. The van der Waals surface area contributed by atoms with Crippen LogP contribution in [0.2, 0.25) is 0 Å². The Kier molecular flexibility index (Phi) is 8.66. The molecule has 3 heteroatoms. The summed E-state index contributed by atoms with van der Waals surface area (Å²) in [6.45, 7) is 10.2. The second kappa shape index (κ2) is 11.9. The molecule has 0 saturated heterocycles. The van der Waals surface area contributed by atoms with Crippen LogP contribution in [-0.4, -0.2) is 31.1 Å². The summed E-state index contributed by atoms with van der Waals surface area (Å²) in [6, 6.07) is 29.0. The highest BCUT2D eigenvalue weighted by Crippen LogP contribution is 2.35. The summed E-state index contributed by atoms with van der Waals surface area (Å²) in [7, 11) is 0. The fourth-order valence-electron chi connectivity index (χ4n) is 3.97. The fourth-order valence-corrected chi connectivity index (χ4v) is 3.97. The first-order valence-corrected chi connectivity index (χ1v) is 11.4. The van der Waals surface area contributed by atoms with Crippen LogP contribution < -0.4 is 4.74 Å². The predicted octanol–water partition coefficient (Wildman–Crippen LogP) is 6.65. The lowest BCUT2D eigenvalue weighted by Crippen LogP contribution is -2.27. The number of nitriles is 1. The summed E-state index contributed by atoms with van der Waals surface area (Å²) < 4.78 is 5.99. The molecule has 0 aliphatic carbocycles. The van der Waals surface area contributed by atoms with Crippen molar-refractivity contribution in [2.75, 3.05) is 26.2 Å². The maximum atomic E-state index is 9.43. The average molecular weight is 425 g/mol. The standard InChI is InChI=1S/C29H32N2O/c1-4-28(24-12-8-7-9-13-24)29(26-14-10-11-23(21-26)22-30)25-15-17-27(18-16-25)32-20-19-31(5-2)6-3/h7-18,21H,4-6,19-20H2,1-3H3/b29-28-. The number of nitrogens with zero attached hydrogens (tertiary/aromatic N) is 2. The highest BCUT2D eigenvalue weighted by atomic mass is 16.5. The van der Waals surface area contributed by atoms with Gasteiger partial charge in [-0.2, -0.15) is 5.26 Å². The van der Waals surface area contributed by atoms with E-state index in [1.54, 1.807) is 0 Å². The van der Waals surface area contributed by atoms with Gasteiger partial charge in [0, 0.05) is 6.54 Å². The van der Waals surface area contributed by atoms with Crippen molar-refractivity contribution in [3.8, 4) is 11.8 Å². The maximum absolute atomic E-state index is 9.43. The Bertz CT molecular complexity index is 1060. The number of ether oxygens (including phenoxy) is 1. The zero-order valence-corrected chi connectivity index (χ0v) is 19.3. The molecule has 0 saturated carbocycles. The Balaban J connectivity index is 1.97. The van der Waals surface area contributed by atoms with E-state index in [-0.39, 0.29) is 0 Å². The first-order valence-electron chi connectivity index (χ1n) is 11.4. The van der Waals surface area contributed by atoms with Crippen molar-refractivity contribution in [3.05, 3.63) is 101 Å². The van der Waals surface area contributed by atoms with Gasteiger partial charge in [0.1, 0.15) is 12.4 Å². The zero-order chi connectivity index (χ0) is 22.8. The van der Waals surface area contributed by atoms with Gasteiger partial charge >= 0.3 is 0 Å². The molecule has 0 N–H and O–H groups in total. The second-order valence-corrected chi connectivity index (χ2v) is 7.67. The maximum Gasteiger partial charge on any atom is 0.119 e. The van der Waals surface area contributed by atoms with E-state index in [0.717, 1.165) is 48.5 Å². The molecule has 3 aromatic rings. The van der Waals surface area contributed by atoms with Gasteiger partial charge in [-0.1, -0.05) is 75.4 Å². The van der Waals surface area contributed by atoms with Crippen molar-refractivity contribution in [1.82, 2.24) is 4.90 Å². The van der Waals surface area contributed by atoms with Crippen molar-refractivity contribution in [2.24, 2.45) is 0 Å². The van der Waals surface area contributed by atoms with Gasteiger partial charge in [-0.05, 0) is 71.6 Å². The molecular formula is C29H32N2O. The third-order valence-corrected chi connectivity index (χ3v) is 5.77. The molecule has 0 atom stereocenters. The molecule has 0 aliphatic heterocycles. The van der Waals surface area contributed by atoms with Crippen LogP contribution in [0, 0.1) is 11.3 Å². The number of rotatable bonds is 10. The Morgan fingerprint density at radius 2 is 1.50 bits per heavy atom. The molecule has 3 nitrogen and oxygen atoms in total. The molecule has 0 spiro atoms. The van der Waals surface area contributed by atoms with Gasteiger partial charge in [0.2, 0.25) is 0 Å². The molecule has 0 unspecified atom stereocenters. The van der Waals surface area contributed by atoms with Gasteiger partial charge in [0.05, 0.1) is 11.6 Å². The molecule has 0 amide bonds. The van der Waals surface area contributed by atoms with E-state index in [1.165, 1.54) is 11.1 Å². The largest absolute Gasteiger partial charge is 0.492 e. The summed E-state index contributed by atoms with van der Waals surface area (Å²) in [5.41, 5.74) is 6.46. The normalized spacial score (nSPS) is 11.7. The van der Waals surface area contributed by atoms with E-state index in [4.69, 9.17) is 4.74 Å². The highest BCUT2D eigenvalue weighted by Gasteiger charge is 2.14. The molecule has 0 fully saturated rings. The minimum Gasteiger partial charge on any atom is -0.492 e. The van der Waals surface area contributed by atoms with E-state index in [1.807, 2.05) is 36.4 Å². The smallest absolute Gasteiger partial charge is 0.119 e. The molecule has 3 aromatic carbocycles. The monoisotopic (exact) mass is 424 g/mol. The van der Waals surface area contributed by atoms with E-state index < -0.39 is 0 Å². The van der Waals surface area contributed by atoms with Crippen LogP contribution in [0.5, 0.6) is 5.75 Å². The van der Waals surface area contributed by atoms with Crippen molar-refractivity contribution >= 4 is 11.1 Å². The van der Waals surface area contributed by atoms with Gasteiger partial charge in [0.15, 0.2) is 0 Å². The van der Waals surface area contributed by atoms with Crippen molar-refractivity contribution in [3.63, 3.8) is 0 Å². The lowest BCUT2D eigenvalue weighted by atomic mass is 9.87. The third kappa shape index (κ3) is 5.87. The SMILES string of the molecule is CC/C(=C(\c1ccc(OCCN(CC)CC)cc1)c1cccc(C#N)c1)c1ccccc1. The third-order valence-electron chi connectivity index (χ3n) is 5.77. The average Bonchev–Trinajstić information content (AvgIpc) is 2.86. The van der Waals surface area contributed by atoms with Crippen molar-refractivity contribution < 1.29 is 4.74 Å². The number of benzene rings is 3. The predicted molar refractivity (Wildman–Crippen MR) is 134 cm³/mol. The molecule has 0 heterocycles. The topological polar surface area (TPSA) is 36.3 Å². The van der Waals surface area contributed by atoms with Crippen LogP contribution in [0.4, 0.5) is 0 Å². The Labute approximate surface area is 192 Å². The lowest BCUT2D eigenvalue weighted by Gasteiger charge is -2.19. The Morgan fingerprint density at radius 3 is 2.12 bits per heavy atom. The van der Waals surface area contributed by atoms with E-state index in [9.17, 15) is 5.26 Å². The summed E-state index contributed by atoms with van der Waals surface area (Å²) in [6.07, 6.45) is 0.887. The molecule has 164 valence electrons. The van der Waals surface area contributed by atoms with Crippen LogP contribution in [0.15, 0.2) is 78.9 Å². The minimum absolute atomic E-state index is 0.667. The zero-order valence-electron chi connectivity index (χ0n) is 19.3. The summed E-state index contributed by atoms with van der Waals surface area (Å²) in [4.78, 5) is 2.35. The van der Waals surface area contributed by atoms with Gasteiger partial charge in [-0.15, -0.1) is 0 Å². The van der Waals surface area contributed by atoms with Crippen LogP contribution in [0.3, 0.4) is 0 Å². The number of allylic oxidation sites excluding steroid dienone is 1. The van der Waals surface area contributed by atoms with E-state index in [0.29, 0.717) is 12.2 Å². The number of likely N-dealkylation sites (N-methyl/N-ethyl adjacent to an activating group) is 1. The van der Waals surface area contributed by atoms with E-state index in [2.05, 4.69) is 74.2 Å². The summed E-state index contributed by atoms with van der Waals surface area (Å²) in [5.74, 6) is 0.879. The van der Waals surface area contributed by atoms with Gasteiger partial charge in [-0.3, -0.25) is 0 Å². The molecular weight excluding hydrogens is 392 g/mol. The second-order valence-electron chi connectivity index (χ2n) is 7.67. The summed E-state index contributed by atoms with van der Waals surface area (Å²) in [5, 5.41) is 9.43. The lowest BCUT2D eigenvalue weighted by molar-refractivity contribution is 0.223. The Morgan fingerprint density at radius 1 is 0.812 bits per heavy atom. The van der Waals surface area contributed by atoms with Gasteiger partial charge in [0.25, 0.3) is 0 Å².